The van der Waals surface area contributed by atoms with Gasteiger partial charge in [0.05, 0.1) is 12.7 Å². The highest BCUT2D eigenvalue weighted by atomic mass is 16.5. The van der Waals surface area contributed by atoms with E-state index in [1.54, 1.807) is 0 Å². The lowest BCUT2D eigenvalue weighted by Gasteiger charge is -2.14. The highest BCUT2D eigenvalue weighted by Gasteiger charge is 2.30. The Balaban J connectivity index is 2.41. The van der Waals surface area contributed by atoms with Crippen LogP contribution >= 0.6 is 0 Å². The molecule has 0 saturated carbocycles. The molecule has 4 heteroatoms. The number of aliphatic hydroxyl groups excluding tert-OH is 1. The van der Waals surface area contributed by atoms with Gasteiger partial charge in [-0.15, -0.1) is 0 Å². The maximum atomic E-state index is 8.82. The fourth-order valence-electron chi connectivity index (χ4n) is 1.43. The maximum Gasteiger partial charge on any atom is 0.139 e. The van der Waals surface area contributed by atoms with Crippen LogP contribution in [0, 0.1) is 0 Å². The van der Waals surface area contributed by atoms with Crippen LogP contribution in [0.5, 0.6) is 0 Å². The van der Waals surface area contributed by atoms with Gasteiger partial charge in [-0.05, 0) is 13.5 Å². The number of likely N-dealkylation sites (N-methyl/N-ethyl adjacent to an activating group) is 1. The molecule has 1 heterocycles. The molecule has 0 spiro atoms. The molecule has 10 heavy (non-hydrogen) atoms. The summed E-state index contributed by atoms with van der Waals surface area (Å²) in [5.41, 5.74) is 0. The van der Waals surface area contributed by atoms with Gasteiger partial charge in [-0.25, -0.2) is 0 Å². The summed E-state index contributed by atoms with van der Waals surface area (Å²) in [5.74, 6) is 0. The second-order valence-corrected chi connectivity index (χ2v) is 2.80. The predicted octanol–water partition coefficient (Wildman–Crippen LogP) is -1.69. The van der Waals surface area contributed by atoms with E-state index in [1.165, 1.54) is 0 Å². The number of hydrogen-bond acceptors (Lipinski definition) is 3. The largest absolute Gasteiger partial charge is 0.394 e. The minimum atomic E-state index is -0.000000000000000222. The molecule has 58 valence electrons. The molecular formula is C6H14BNO2. The summed E-state index contributed by atoms with van der Waals surface area (Å²) in [7, 11) is 3.93. The molecule has 0 bridgehead atoms. The number of ether oxygens (including phenoxy) is 1. The molecule has 1 aliphatic rings. The van der Waals surface area contributed by atoms with Crippen LogP contribution in [-0.4, -0.2) is 44.8 Å². The number of aliphatic hydroxyl groups is 1. The van der Waals surface area contributed by atoms with Crippen molar-refractivity contribution in [1.29, 1.82) is 0 Å². The topological polar surface area (TPSA) is 41.5 Å². The first-order valence-electron chi connectivity index (χ1n) is 3.71. The fraction of sp³-hybridized carbons (Fsp3) is 1.00. The van der Waals surface area contributed by atoms with Crippen LogP contribution in [0.1, 0.15) is 6.42 Å². The van der Waals surface area contributed by atoms with Crippen LogP contribution in [0.2, 0.25) is 0 Å². The number of nitrogens with one attached hydrogen (secondary N) is 1. The van der Waals surface area contributed by atoms with Gasteiger partial charge in [-0.1, -0.05) is 0 Å². The molecule has 0 aliphatic carbocycles. The van der Waals surface area contributed by atoms with Crippen LogP contribution in [-0.2, 0) is 4.74 Å². The summed E-state index contributed by atoms with van der Waals surface area (Å²) in [6.45, 7) is 0.121. The van der Waals surface area contributed by atoms with Gasteiger partial charge in [0.1, 0.15) is 7.85 Å². The second kappa shape index (κ2) is 3.37. The van der Waals surface area contributed by atoms with Gasteiger partial charge >= 0.3 is 0 Å². The Morgan fingerprint density at radius 1 is 1.80 bits per heavy atom. The summed E-state index contributed by atoms with van der Waals surface area (Å²) in [6.07, 6.45) is 1.00. The third-order valence-electron chi connectivity index (χ3n) is 1.99. The quantitative estimate of drug-likeness (QED) is 0.453. The van der Waals surface area contributed by atoms with Gasteiger partial charge in [0.2, 0.25) is 0 Å². The molecule has 1 rings (SSSR count). The Labute approximate surface area is 62.2 Å². The molecule has 3 atom stereocenters. The van der Waals surface area contributed by atoms with Gasteiger partial charge in [0.15, 0.2) is 0 Å². The van der Waals surface area contributed by atoms with Crippen LogP contribution in [0.15, 0.2) is 0 Å². The third kappa shape index (κ3) is 1.51. The Kier molecular flexibility index (Phi) is 2.71. The van der Waals surface area contributed by atoms with Crippen LogP contribution in [0.25, 0.3) is 0 Å². The molecule has 0 aromatic rings. The Hall–Kier alpha value is -0.0551. The van der Waals surface area contributed by atoms with Crippen LogP contribution in [0.4, 0.5) is 0 Å². The van der Waals surface area contributed by atoms with E-state index < -0.39 is 0 Å². The van der Waals surface area contributed by atoms with E-state index in [-0.39, 0.29) is 18.7 Å². The average molecular weight is 143 g/mol. The lowest BCUT2D eigenvalue weighted by molar-refractivity contribution is 0.0344. The fourth-order valence-corrected chi connectivity index (χ4v) is 1.43. The van der Waals surface area contributed by atoms with E-state index >= 15 is 0 Å². The molecule has 1 fully saturated rings. The normalized spacial score (nSPS) is 40.4. The van der Waals surface area contributed by atoms with Crippen LogP contribution in [0.3, 0.4) is 0 Å². The average Bonchev–Trinajstić information content (AvgIpc) is 2.30. The van der Waals surface area contributed by atoms with E-state index in [4.69, 9.17) is 9.84 Å². The van der Waals surface area contributed by atoms with Crippen molar-refractivity contribution in [3.8, 4) is 0 Å². The van der Waals surface area contributed by atoms with Crippen molar-refractivity contribution >= 4 is 7.85 Å². The Morgan fingerprint density at radius 3 is 2.90 bits per heavy atom. The predicted molar refractivity (Wildman–Crippen MR) is 41.8 cm³/mol. The van der Waals surface area contributed by atoms with E-state index in [0.29, 0.717) is 6.04 Å². The molecule has 2 N–H and O–H groups in total. The van der Waals surface area contributed by atoms with Crippen LogP contribution < -0.4 is 5.32 Å². The zero-order valence-corrected chi connectivity index (χ0v) is 6.50. The van der Waals surface area contributed by atoms with E-state index in [2.05, 4.69) is 5.32 Å². The van der Waals surface area contributed by atoms with Crippen molar-refractivity contribution in [2.24, 2.45) is 0 Å². The molecule has 0 aromatic carbocycles. The number of hydrogen-bond donors (Lipinski definition) is 2. The molecule has 0 amide bonds. The standard InChI is InChI=1S/C6H14BNO2/c1-8-4-2-6(7)10-5(4)3-9/h4-6,8-9H,2-3,7H2,1H3/t4-,5-,6-/m1/s1. The molecule has 1 saturated heterocycles. The minimum Gasteiger partial charge on any atom is -0.394 e. The van der Waals surface area contributed by atoms with Crippen molar-refractivity contribution < 1.29 is 9.84 Å². The SMILES string of the molecule is B[C@H]1C[C@@H](NC)[C@@H](CO)O1. The molecule has 1 aliphatic heterocycles. The Bertz CT molecular complexity index is 99.9. The van der Waals surface area contributed by atoms with Gasteiger partial charge in [0.25, 0.3) is 0 Å². The van der Waals surface area contributed by atoms with E-state index in [0.717, 1.165) is 6.42 Å². The van der Waals surface area contributed by atoms with Crippen molar-refractivity contribution in [1.82, 2.24) is 5.32 Å². The van der Waals surface area contributed by atoms with Gasteiger partial charge in [0, 0.05) is 12.0 Å². The monoisotopic (exact) mass is 143 g/mol. The molecule has 0 aromatic heterocycles. The van der Waals surface area contributed by atoms with Gasteiger partial charge < -0.3 is 15.2 Å². The lowest BCUT2D eigenvalue weighted by atomic mass is 9.95. The minimum absolute atomic E-state index is 0.000000000000000222. The zero-order chi connectivity index (χ0) is 7.56. The van der Waals surface area contributed by atoms with Crippen molar-refractivity contribution in [2.75, 3.05) is 13.7 Å². The Morgan fingerprint density at radius 2 is 2.50 bits per heavy atom. The van der Waals surface area contributed by atoms with Gasteiger partial charge in [-0.2, -0.15) is 0 Å². The first kappa shape index (κ1) is 8.05. The summed E-state index contributed by atoms with van der Waals surface area (Å²) in [5, 5.41) is 11.9. The lowest BCUT2D eigenvalue weighted by Crippen LogP contribution is -2.35. The molecule has 0 radical (unpaired) electrons. The summed E-state index contributed by atoms with van der Waals surface area (Å²) < 4.78 is 5.40. The smallest absolute Gasteiger partial charge is 0.139 e. The maximum absolute atomic E-state index is 8.82. The third-order valence-corrected chi connectivity index (χ3v) is 1.99. The highest BCUT2D eigenvalue weighted by Crippen LogP contribution is 2.17. The van der Waals surface area contributed by atoms with Crippen molar-refractivity contribution in [2.45, 2.75) is 24.6 Å². The highest BCUT2D eigenvalue weighted by molar-refractivity contribution is 6.11. The van der Waals surface area contributed by atoms with E-state index in [9.17, 15) is 0 Å². The summed E-state index contributed by atoms with van der Waals surface area (Å²) >= 11 is 0. The van der Waals surface area contributed by atoms with Gasteiger partial charge in [-0.3, -0.25) is 0 Å². The number of rotatable bonds is 2. The molecule has 0 unspecified atom stereocenters. The summed E-state index contributed by atoms with van der Waals surface area (Å²) in [6, 6.07) is 0.620. The second-order valence-electron chi connectivity index (χ2n) is 2.80. The molecule has 3 nitrogen and oxygen atoms in total. The summed E-state index contributed by atoms with van der Waals surface area (Å²) in [4.78, 5) is 0. The van der Waals surface area contributed by atoms with Crippen molar-refractivity contribution in [3.63, 3.8) is 0 Å². The van der Waals surface area contributed by atoms with E-state index in [1.807, 2.05) is 14.9 Å². The first-order valence-corrected chi connectivity index (χ1v) is 3.71. The van der Waals surface area contributed by atoms with Crippen molar-refractivity contribution in [3.05, 3.63) is 0 Å². The molecular weight excluding hydrogens is 129 g/mol. The zero-order valence-electron chi connectivity index (χ0n) is 6.50. The first-order chi connectivity index (χ1) is 4.77.